The predicted octanol–water partition coefficient (Wildman–Crippen LogP) is 4.29. The maximum atomic E-state index is 13.6. The molecule has 0 bridgehead atoms. The second-order valence-electron chi connectivity index (χ2n) is 4.45. The number of hydrogen-bond donors (Lipinski definition) is 0. The van der Waals surface area contributed by atoms with Gasteiger partial charge in [-0.25, -0.2) is 4.39 Å². The highest BCUT2D eigenvalue weighted by Gasteiger charge is 2.17. The van der Waals surface area contributed by atoms with Crippen molar-refractivity contribution in [3.05, 3.63) is 79.6 Å². The first-order chi connectivity index (χ1) is 10.9. The lowest BCUT2D eigenvalue weighted by Gasteiger charge is -2.02. The summed E-state index contributed by atoms with van der Waals surface area (Å²) in [5.74, 6) is -1.52. The van der Waals surface area contributed by atoms with Crippen molar-refractivity contribution in [1.82, 2.24) is 0 Å². The zero-order valence-corrected chi connectivity index (χ0v) is 13.1. The van der Waals surface area contributed by atoms with Crippen LogP contribution in [0.3, 0.4) is 0 Å². The van der Waals surface area contributed by atoms with Gasteiger partial charge >= 0.3 is 0 Å². The molecule has 5 nitrogen and oxygen atoms in total. The lowest BCUT2D eigenvalue weighted by molar-refractivity contribution is -0.385. The number of rotatable bonds is 4. The number of nitro benzene ring substituents is 1. The van der Waals surface area contributed by atoms with Crippen molar-refractivity contribution in [2.75, 3.05) is 0 Å². The van der Waals surface area contributed by atoms with Crippen LogP contribution in [0.25, 0.3) is 6.08 Å². The Labute approximate surface area is 138 Å². The molecule has 0 radical (unpaired) electrons. The molecule has 0 aromatic heterocycles. The number of carbonyl (C=O) groups is 1. The number of nitriles is 1. The smallest absolute Gasteiger partial charge is 0.284 e. The minimum absolute atomic E-state index is 0.200. The van der Waals surface area contributed by atoms with Gasteiger partial charge in [0.05, 0.1) is 15.0 Å². The summed E-state index contributed by atoms with van der Waals surface area (Å²) in [6, 6.07) is 11.2. The molecular formula is C16H8BrFN2O3. The molecule has 0 spiro atoms. The number of nitro groups is 1. The first-order valence-corrected chi connectivity index (χ1v) is 7.08. The molecule has 0 aliphatic carbocycles. The second-order valence-corrected chi connectivity index (χ2v) is 5.30. The Morgan fingerprint density at radius 1 is 1.30 bits per heavy atom. The average Bonchev–Trinajstić information content (AvgIpc) is 2.53. The van der Waals surface area contributed by atoms with Crippen molar-refractivity contribution < 1.29 is 14.1 Å². The van der Waals surface area contributed by atoms with Crippen LogP contribution in [-0.2, 0) is 0 Å². The van der Waals surface area contributed by atoms with Gasteiger partial charge in [-0.05, 0) is 45.8 Å². The van der Waals surface area contributed by atoms with Gasteiger partial charge in [-0.2, -0.15) is 5.26 Å². The number of nitrogens with zero attached hydrogens (tertiary/aromatic N) is 2. The number of benzene rings is 2. The normalized spacial score (nSPS) is 10.9. The summed E-state index contributed by atoms with van der Waals surface area (Å²) >= 11 is 3.05. The van der Waals surface area contributed by atoms with E-state index >= 15 is 0 Å². The van der Waals surface area contributed by atoms with Crippen LogP contribution < -0.4 is 0 Å². The molecule has 23 heavy (non-hydrogen) atoms. The molecule has 0 saturated carbocycles. The van der Waals surface area contributed by atoms with Gasteiger partial charge < -0.3 is 0 Å². The largest absolute Gasteiger partial charge is 0.288 e. The molecule has 0 aliphatic heterocycles. The lowest BCUT2D eigenvalue weighted by Crippen LogP contribution is -2.04. The summed E-state index contributed by atoms with van der Waals surface area (Å²) in [5, 5.41) is 20.0. The molecule has 2 aromatic carbocycles. The Balaban J connectivity index is 2.46. The van der Waals surface area contributed by atoms with Crippen molar-refractivity contribution in [1.29, 1.82) is 5.26 Å². The highest BCUT2D eigenvalue weighted by molar-refractivity contribution is 9.10. The average molecular weight is 375 g/mol. The molecule has 114 valence electrons. The van der Waals surface area contributed by atoms with Gasteiger partial charge in [0.1, 0.15) is 17.5 Å². The molecule has 0 fully saturated rings. The van der Waals surface area contributed by atoms with Crippen LogP contribution in [0.2, 0.25) is 0 Å². The molecule has 0 unspecified atom stereocenters. The van der Waals surface area contributed by atoms with Crippen molar-refractivity contribution >= 4 is 33.5 Å². The topological polar surface area (TPSA) is 84.0 Å². The Kier molecular flexibility index (Phi) is 4.98. The fourth-order valence-corrected chi connectivity index (χ4v) is 2.26. The van der Waals surface area contributed by atoms with Crippen molar-refractivity contribution in [3.8, 4) is 6.07 Å². The monoisotopic (exact) mass is 374 g/mol. The van der Waals surface area contributed by atoms with Crippen LogP contribution in [0.1, 0.15) is 15.9 Å². The number of ketones is 1. The molecular weight excluding hydrogens is 367 g/mol. The molecule has 0 aliphatic rings. The fourth-order valence-electron chi connectivity index (χ4n) is 1.87. The van der Waals surface area contributed by atoms with E-state index < -0.39 is 16.5 Å². The number of carbonyl (C=O) groups excluding carboxylic acids is 1. The van der Waals surface area contributed by atoms with Gasteiger partial charge in [0, 0.05) is 6.07 Å². The lowest BCUT2D eigenvalue weighted by atomic mass is 10.0. The molecule has 0 atom stereocenters. The third-order valence-electron chi connectivity index (χ3n) is 2.96. The van der Waals surface area contributed by atoms with Crippen molar-refractivity contribution in [2.45, 2.75) is 0 Å². The molecule has 2 rings (SSSR count). The van der Waals surface area contributed by atoms with E-state index in [9.17, 15) is 19.3 Å². The van der Waals surface area contributed by atoms with Crippen LogP contribution in [0.15, 0.2) is 52.5 Å². The highest BCUT2D eigenvalue weighted by atomic mass is 79.9. The van der Waals surface area contributed by atoms with Gasteiger partial charge in [0.2, 0.25) is 5.78 Å². The summed E-state index contributed by atoms with van der Waals surface area (Å²) in [6.45, 7) is 0. The Hall–Kier alpha value is -2.85. The van der Waals surface area contributed by atoms with Gasteiger partial charge in [0.25, 0.3) is 5.69 Å². The first-order valence-electron chi connectivity index (χ1n) is 6.29. The first kappa shape index (κ1) is 16.5. The van der Waals surface area contributed by atoms with Gasteiger partial charge in [0.15, 0.2) is 0 Å². The van der Waals surface area contributed by atoms with E-state index in [1.807, 2.05) is 0 Å². The number of Topliss-reactive ketones (excluding diaryl/α,β-unsaturated/α-hetero) is 1. The zero-order chi connectivity index (χ0) is 17.0. The molecule has 0 heterocycles. The predicted molar refractivity (Wildman–Crippen MR) is 85.1 cm³/mol. The summed E-state index contributed by atoms with van der Waals surface area (Å²) in [4.78, 5) is 22.5. The van der Waals surface area contributed by atoms with Crippen LogP contribution >= 0.6 is 15.9 Å². The van der Waals surface area contributed by atoms with E-state index in [4.69, 9.17) is 5.26 Å². The third-order valence-corrected chi connectivity index (χ3v) is 3.63. The van der Waals surface area contributed by atoms with Crippen LogP contribution in [-0.4, -0.2) is 10.7 Å². The quantitative estimate of drug-likeness (QED) is 0.262. The van der Waals surface area contributed by atoms with Crippen LogP contribution in [0, 0.1) is 27.3 Å². The minimum Gasteiger partial charge on any atom is -0.288 e. The van der Waals surface area contributed by atoms with E-state index in [1.165, 1.54) is 42.5 Å². The maximum Gasteiger partial charge on any atom is 0.284 e. The van der Waals surface area contributed by atoms with Crippen LogP contribution in [0.4, 0.5) is 10.1 Å². The van der Waals surface area contributed by atoms with Crippen molar-refractivity contribution in [3.63, 3.8) is 0 Å². The Morgan fingerprint density at radius 2 is 2.00 bits per heavy atom. The number of allylic oxidation sites excluding steroid dienone is 1. The van der Waals surface area contributed by atoms with Gasteiger partial charge in [-0.15, -0.1) is 0 Å². The van der Waals surface area contributed by atoms with E-state index in [0.717, 1.165) is 6.07 Å². The van der Waals surface area contributed by atoms with E-state index in [1.54, 1.807) is 6.07 Å². The van der Waals surface area contributed by atoms with Crippen LogP contribution in [0.5, 0.6) is 0 Å². The summed E-state index contributed by atoms with van der Waals surface area (Å²) in [6.07, 6.45) is 1.19. The molecule has 7 heteroatoms. The third kappa shape index (κ3) is 3.67. The van der Waals surface area contributed by atoms with E-state index in [-0.39, 0.29) is 21.3 Å². The van der Waals surface area contributed by atoms with Crippen molar-refractivity contribution in [2.24, 2.45) is 0 Å². The Morgan fingerprint density at radius 3 is 2.61 bits per heavy atom. The fraction of sp³-hybridized carbons (Fsp3) is 0. The van der Waals surface area contributed by atoms with Gasteiger partial charge in [-0.3, -0.25) is 14.9 Å². The molecule has 0 N–H and O–H groups in total. The number of halogens is 2. The molecule has 2 aromatic rings. The maximum absolute atomic E-state index is 13.6. The second kappa shape index (κ2) is 6.94. The SMILES string of the molecule is N#C/C(=C\c1ccc(Br)c([N+](=O)[O-])c1)C(=O)c1ccccc1F. The molecule has 0 amide bonds. The summed E-state index contributed by atoms with van der Waals surface area (Å²) in [5.41, 5.74) is -0.450. The minimum atomic E-state index is -0.781. The number of hydrogen-bond acceptors (Lipinski definition) is 4. The standard InChI is InChI=1S/C16H8BrFN2O3/c17-13-6-5-10(8-15(13)20(22)23)7-11(9-19)16(21)12-3-1-2-4-14(12)18/h1-8H/b11-7+. The molecule has 0 saturated heterocycles. The summed E-state index contributed by atoms with van der Waals surface area (Å²) < 4.78 is 13.9. The summed E-state index contributed by atoms with van der Waals surface area (Å²) in [7, 11) is 0. The zero-order valence-electron chi connectivity index (χ0n) is 11.5. The van der Waals surface area contributed by atoms with E-state index in [0.29, 0.717) is 5.56 Å². The van der Waals surface area contributed by atoms with E-state index in [2.05, 4.69) is 15.9 Å². The highest BCUT2D eigenvalue weighted by Crippen LogP contribution is 2.27. The van der Waals surface area contributed by atoms with Gasteiger partial charge in [-0.1, -0.05) is 18.2 Å². The Bertz CT molecular complexity index is 872.